The van der Waals surface area contributed by atoms with Crippen LogP contribution in [-0.4, -0.2) is 17.2 Å². The molecule has 0 aliphatic heterocycles. The van der Waals surface area contributed by atoms with Crippen molar-refractivity contribution in [2.24, 2.45) is 0 Å². The van der Waals surface area contributed by atoms with Crippen LogP contribution >= 0.6 is 0 Å². The zero-order chi connectivity index (χ0) is 28.3. The van der Waals surface area contributed by atoms with Crippen LogP contribution in [0, 0.1) is 29.1 Å². The van der Waals surface area contributed by atoms with Gasteiger partial charge in [-0.1, -0.05) is 18.2 Å². The van der Waals surface area contributed by atoms with E-state index in [1.54, 1.807) is 48.5 Å². The topological polar surface area (TPSA) is 66.8 Å². The van der Waals surface area contributed by atoms with Gasteiger partial charge in [0.05, 0.1) is 0 Å². The molecule has 0 radical (unpaired) electrons. The van der Waals surface area contributed by atoms with Gasteiger partial charge in [-0.25, -0.2) is 22.0 Å². The van der Waals surface area contributed by atoms with Gasteiger partial charge in [0.1, 0.15) is 23.1 Å². The molecular formula is C24H15BF8O4S. The molecule has 0 heterocycles. The zero-order valence-electron chi connectivity index (χ0n) is 18.7. The smallest absolute Gasteiger partial charge is 0.508 e. The maximum atomic E-state index is 13.6. The molecular weight excluding hydrogens is 547 g/mol. The average Bonchev–Trinajstić information content (AvgIpc) is 2.87. The van der Waals surface area contributed by atoms with E-state index in [2.05, 4.69) is 0 Å². The Bertz CT molecular complexity index is 1390. The summed E-state index contributed by atoms with van der Waals surface area (Å²) >= 11 is 0. The third-order valence-electron chi connectivity index (χ3n) is 4.82. The summed E-state index contributed by atoms with van der Waals surface area (Å²) in [4.78, 5) is 0.870. The van der Waals surface area contributed by atoms with Crippen LogP contribution in [0.4, 0.5) is 34.9 Å². The van der Waals surface area contributed by atoms with Gasteiger partial charge in [-0.05, 0) is 46.1 Å². The monoisotopic (exact) mass is 562 g/mol. The van der Waals surface area contributed by atoms with E-state index >= 15 is 0 Å². The third kappa shape index (κ3) is 6.07. The number of hydrogen-bond donors (Lipinski definition) is 2. The molecule has 0 unspecified atom stereocenters. The molecule has 0 aliphatic rings. The van der Waals surface area contributed by atoms with Gasteiger partial charge in [-0.3, -0.25) is 4.18 Å². The fraction of sp³-hybridized carbons (Fsp3) is 0. The first-order valence-electron chi connectivity index (χ1n) is 10.3. The average molecular weight is 562 g/mol. The van der Waals surface area contributed by atoms with Crippen LogP contribution in [0.2, 0.25) is 0 Å². The molecule has 0 atom stereocenters. The molecule has 2 N–H and O–H groups in total. The number of benzene rings is 4. The molecule has 0 saturated carbocycles. The number of aromatic hydroxyl groups is 2. The van der Waals surface area contributed by atoms with Gasteiger partial charge in [-0.15, -0.1) is 0 Å². The van der Waals surface area contributed by atoms with E-state index in [0.29, 0.717) is 15.5 Å². The van der Waals surface area contributed by atoms with Crippen molar-refractivity contribution < 1.29 is 53.5 Å². The Morgan fingerprint density at radius 3 is 1.32 bits per heavy atom. The Morgan fingerprint density at radius 1 is 0.579 bits per heavy atom. The van der Waals surface area contributed by atoms with Crippen molar-refractivity contribution in [1.82, 2.24) is 0 Å². The van der Waals surface area contributed by atoms with Crippen LogP contribution in [0.1, 0.15) is 0 Å². The highest BCUT2D eigenvalue weighted by molar-refractivity contribution is 7.99. The molecule has 4 nitrogen and oxygen atoms in total. The van der Waals surface area contributed by atoms with Crippen LogP contribution in [0.3, 0.4) is 0 Å². The Kier molecular flexibility index (Phi) is 8.35. The maximum Gasteiger partial charge on any atom is 0.515 e. The number of para-hydroxylation sites is 1. The first-order valence-corrected chi connectivity index (χ1v) is 11.8. The van der Waals surface area contributed by atoms with Gasteiger partial charge < -0.3 is 23.2 Å². The minimum Gasteiger partial charge on any atom is -0.508 e. The van der Waals surface area contributed by atoms with E-state index in [4.69, 9.17) is 4.18 Å². The highest BCUT2D eigenvalue weighted by Crippen LogP contribution is 2.33. The molecule has 0 saturated heterocycles. The lowest BCUT2D eigenvalue weighted by Gasteiger charge is -2.17. The quantitative estimate of drug-likeness (QED) is 0.0966. The number of phenolic OH excluding ortho intramolecular Hbond substituents is 2. The Balaban J connectivity index is 0.000000232. The van der Waals surface area contributed by atoms with E-state index in [0.717, 1.165) is 0 Å². The fourth-order valence-electron chi connectivity index (χ4n) is 3.00. The van der Waals surface area contributed by atoms with Gasteiger partial charge in [0.25, 0.3) is 0 Å². The van der Waals surface area contributed by atoms with Crippen LogP contribution in [0.15, 0.2) is 88.7 Å². The van der Waals surface area contributed by atoms with E-state index in [9.17, 15) is 49.3 Å². The lowest BCUT2D eigenvalue weighted by Crippen LogP contribution is -2.41. The summed E-state index contributed by atoms with van der Waals surface area (Å²) in [5, 5.41) is 18.9. The summed E-state index contributed by atoms with van der Waals surface area (Å²) in [7, 11) is -3.06. The van der Waals surface area contributed by atoms with Crippen molar-refractivity contribution in [1.29, 1.82) is 0 Å². The highest BCUT2D eigenvalue weighted by atomic mass is 32.3. The minimum absolute atomic E-state index is 0.0842. The molecule has 4 aromatic rings. The van der Waals surface area contributed by atoms with E-state index in [1.165, 1.54) is 24.3 Å². The molecule has 0 amide bonds. The van der Waals surface area contributed by atoms with Crippen LogP contribution in [0.5, 0.6) is 17.2 Å². The molecule has 38 heavy (non-hydrogen) atoms. The molecule has 4 aromatic carbocycles. The summed E-state index contributed by atoms with van der Waals surface area (Å²) in [6.07, 6.45) is 0. The largest absolute Gasteiger partial charge is 0.515 e. The lowest BCUT2D eigenvalue weighted by atomic mass is 9.79. The van der Waals surface area contributed by atoms with Crippen molar-refractivity contribution in [3.05, 3.63) is 108 Å². The van der Waals surface area contributed by atoms with Gasteiger partial charge in [0.15, 0.2) is 23.2 Å². The van der Waals surface area contributed by atoms with E-state index < -0.39 is 51.7 Å². The first-order chi connectivity index (χ1) is 17.8. The molecule has 0 aromatic heterocycles. The number of rotatable bonds is 5. The molecule has 0 aliphatic carbocycles. The molecule has 4 rings (SSSR count). The fourth-order valence-corrected chi connectivity index (χ4v) is 4.84. The van der Waals surface area contributed by atoms with Gasteiger partial charge >= 0.3 is 17.2 Å². The van der Waals surface area contributed by atoms with Gasteiger partial charge in [0.2, 0.25) is 9.79 Å². The van der Waals surface area contributed by atoms with Crippen molar-refractivity contribution in [3.63, 3.8) is 0 Å². The normalized spacial score (nSPS) is 11.5. The number of hydrogen-bond acceptors (Lipinski definition) is 4. The van der Waals surface area contributed by atoms with Crippen molar-refractivity contribution in [3.8, 4) is 17.2 Å². The summed E-state index contributed by atoms with van der Waals surface area (Å²) in [6.45, 7) is -6.30. The first kappa shape index (κ1) is 28.5. The molecule has 0 fully saturated rings. The second-order valence-corrected chi connectivity index (χ2v) is 9.56. The van der Waals surface area contributed by atoms with Crippen molar-refractivity contribution in [2.45, 2.75) is 9.79 Å². The predicted octanol–water partition coefficient (Wildman–Crippen LogP) is 6.45. The second-order valence-electron chi connectivity index (χ2n) is 7.45. The highest BCUT2D eigenvalue weighted by Gasteiger charge is 2.39. The molecule has 200 valence electrons. The van der Waals surface area contributed by atoms with Gasteiger partial charge in [-0.2, -0.15) is 0 Å². The zero-order valence-corrected chi connectivity index (χ0v) is 19.5. The standard InChI is InChI=1S/C18H14O4S.C6BF8/c19-14-6-10-17(11-7-14)23(21,18-12-8-15(20)9-13-18)22-16-4-2-1-3-5-16;8-2-1(7(13,14)15)3(9)5(11)6(12)4(2)10/h1-13H,(H-,19,20,21);/q;-1/p+1. The number of halogens is 8. The van der Waals surface area contributed by atoms with Crippen molar-refractivity contribution in [2.75, 3.05) is 0 Å². The maximum absolute atomic E-state index is 13.6. The Labute approximate surface area is 211 Å². The van der Waals surface area contributed by atoms with E-state index in [1.807, 2.05) is 6.07 Å². The van der Waals surface area contributed by atoms with Crippen LogP contribution in [0.25, 0.3) is 0 Å². The molecule has 0 bridgehead atoms. The van der Waals surface area contributed by atoms with Crippen molar-refractivity contribution >= 4 is 22.7 Å². The Morgan fingerprint density at radius 2 is 0.947 bits per heavy atom. The Hall–Kier alpha value is -4.07. The summed E-state index contributed by atoms with van der Waals surface area (Å²) in [5.41, 5.74) is -2.73. The van der Waals surface area contributed by atoms with Gasteiger partial charge in [0, 0.05) is 24.3 Å². The molecule has 14 heteroatoms. The summed E-state index contributed by atoms with van der Waals surface area (Å²) in [6, 6.07) is 21.0. The number of phenols is 2. The SMILES string of the molecule is Fc1c(F)c(F)c([B-](F)(F)F)c(F)c1F.O=[S+](Oc1ccccc1)(c1ccc(O)cc1)c1ccc(O)cc1. The summed E-state index contributed by atoms with van der Waals surface area (Å²) in [5.74, 6) is -12.9. The minimum atomic E-state index is -6.30. The summed E-state index contributed by atoms with van der Waals surface area (Å²) < 4.78 is 117. The third-order valence-corrected chi connectivity index (χ3v) is 7.03. The van der Waals surface area contributed by atoms with Crippen LogP contribution in [-0.2, 0) is 14.4 Å². The predicted molar refractivity (Wildman–Crippen MR) is 123 cm³/mol. The van der Waals surface area contributed by atoms with Crippen LogP contribution < -0.4 is 9.65 Å². The molecule has 0 spiro atoms. The lowest BCUT2D eigenvalue weighted by molar-refractivity contribution is 0.377. The second kappa shape index (κ2) is 11.1. The van der Waals surface area contributed by atoms with E-state index in [-0.39, 0.29) is 11.5 Å².